The van der Waals surface area contributed by atoms with Gasteiger partial charge < -0.3 is 5.32 Å². The number of hydrogen-bond donors (Lipinski definition) is 1. The lowest BCUT2D eigenvalue weighted by Gasteiger charge is -2.16. The van der Waals surface area contributed by atoms with Gasteiger partial charge in [0.05, 0.1) is 5.56 Å². The van der Waals surface area contributed by atoms with Crippen LogP contribution in [-0.2, 0) is 0 Å². The molecule has 98 valence electrons. The number of hydrogen-bond acceptors (Lipinski definition) is 2. The Kier molecular flexibility index (Phi) is 4.67. The highest BCUT2D eigenvalue weighted by Gasteiger charge is 2.11. The van der Waals surface area contributed by atoms with Gasteiger partial charge in [-0.25, -0.2) is 0 Å². The van der Waals surface area contributed by atoms with Gasteiger partial charge in [0, 0.05) is 24.9 Å². The molecule has 1 aromatic carbocycles. The van der Waals surface area contributed by atoms with Crippen LogP contribution in [0, 0.1) is 0 Å². The van der Waals surface area contributed by atoms with Gasteiger partial charge in [-0.3, -0.25) is 9.78 Å². The van der Waals surface area contributed by atoms with E-state index in [-0.39, 0.29) is 5.91 Å². The largest absolute Gasteiger partial charge is 0.351 e. The monoisotopic (exact) mass is 254 g/mol. The number of pyridine rings is 1. The highest BCUT2D eigenvalue weighted by Crippen LogP contribution is 2.18. The van der Waals surface area contributed by atoms with Crippen LogP contribution in [0.15, 0.2) is 54.9 Å². The van der Waals surface area contributed by atoms with E-state index in [1.165, 1.54) is 5.56 Å². The molecule has 1 amide bonds. The average Bonchev–Trinajstić information content (AvgIpc) is 2.49. The predicted molar refractivity (Wildman–Crippen MR) is 76.0 cm³/mol. The van der Waals surface area contributed by atoms with Gasteiger partial charge in [0.15, 0.2) is 0 Å². The van der Waals surface area contributed by atoms with E-state index in [1.54, 1.807) is 24.5 Å². The Morgan fingerprint density at radius 3 is 2.63 bits per heavy atom. The van der Waals surface area contributed by atoms with Gasteiger partial charge in [0.25, 0.3) is 5.91 Å². The van der Waals surface area contributed by atoms with Crippen LogP contribution >= 0.6 is 0 Å². The maximum Gasteiger partial charge on any atom is 0.252 e. The van der Waals surface area contributed by atoms with Gasteiger partial charge in [-0.15, -0.1) is 0 Å². The molecule has 0 spiro atoms. The summed E-state index contributed by atoms with van der Waals surface area (Å²) in [5.74, 6) is 0.282. The minimum atomic E-state index is -0.0671. The molecule has 1 unspecified atom stereocenters. The maximum atomic E-state index is 11.9. The summed E-state index contributed by atoms with van der Waals surface area (Å²) < 4.78 is 0. The fourth-order valence-corrected chi connectivity index (χ4v) is 2.04. The number of benzene rings is 1. The molecule has 0 aliphatic rings. The van der Waals surface area contributed by atoms with E-state index >= 15 is 0 Å². The zero-order valence-corrected chi connectivity index (χ0v) is 11.0. The molecule has 0 radical (unpaired) electrons. The first-order chi connectivity index (χ1) is 9.31. The zero-order valence-electron chi connectivity index (χ0n) is 11.0. The Balaban J connectivity index is 1.96. The summed E-state index contributed by atoms with van der Waals surface area (Å²) in [6.45, 7) is 2.78. The number of nitrogens with one attached hydrogen (secondary N) is 1. The van der Waals surface area contributed by atoms with Crippen molar-refractivity contribution in [3.05, 3.63) is 66.0 Å². The molecule has 2 aromatic rings. The minimum absolute atomic E-state index is 0.0671. The van der Waals surface area contributed by atoms with Crippen molar-refractivity contribution in [1.29, 1.82) is 0 Å². The summed E-state index contributed by atoms with van der Waals surface area (Å²) >= 11 is 0. The van der Waals surface area contributed by atoms with Crippen molar-refractivity contribution in [3.8, 4) is 0 Å². The molecule has 1 N–H and O–H groups in total. The van der Waals surface area contributed by atoms with E-state index in [9.17, 15) is 4.79 Å². The second kappa shape index (κ2) is 6.69. The lowest BCUT2D eigenvalue weighted by atomic mass is 9.96. The summed E-state index contributed by atoms with van der Waals surface area (Å²) in [7, 11) is 0. The molecule has 0 bridgehead atoms. The first kappa shape index (κ1) is 13.3. The van der Waals surface area contributed by atoms with Crippen LogP contribution in [0.25, 0.3) is 0 Å². The molecule has 1 heterocycles. The molecule has 0 saturated heterocycles. The molecule has 19 heavy (non-hydrogen) atoms. The number of carbonyl (C=O) groups excluding carboxylic acids is 1. The van der Waals surface area contributed by atoms with Crippen molar-refractivity contribution >= 4 is 5.91 Å². The Hall–Kier alpha value is -2.16. The van der Waals surface area contributed by atoms with Crippen molar-refractivity contribution in [2.75, 3.05) is 6.54 Å². The topological polar surface area (TPSA) is 42.0 Å². The normalized spacial score (nSPS) is 11.8. The van der Waals surface area contributed by atoms with E-state index in [0.29, 0.717) is 18.0 Å². The number of aromatic nitrogens is 1. The second-order valence-electron chi connectivity index (χ2n) is 4.47. The second-order valence-corrected chi connectivity index (χ2v) is 4.47. The number of carbonyl (C=O) groups is 1. The van der Waals surface area contributed by atoms with Crippen molar-refractivity contribution in [2.45, 2.75) is 19.3 Å². The maximum absolute atomic E-state index is 11.9. The van der Waals surface area contributed by atoms with Crippen LogP contribution in [0.4, 0.5) is 0 Å². The molecule has 1 atom stereocenters. The van der Waals surface area contributed by atoms with Crippen LogP contribution in [0.1, 0.15) is 35.2 Å². The van der Waals surface area contributed by atoms with Gasteiger partial charge in [-0.05, 0) is 24.1 Å². The molecule has 3 heteroatoms. The van der Waals surface area contributed by atoms with Crippen LogP contribution < -0.4 is 5.32 Å². The summed E-state index contributed by atoms with van der Waals surface area (Å²) in [4.78, 5) is 15.9. The summed E-state index contributed by atoms with van der Waals surface area (Å²) in [5, 5.41) is 2.97. The van der Waals surface area contributed by atoms with E-state index < -0.39 is 0 Å². The Morgan fingerprint density at radius 2 is 2.00 bits per heavy atom. The molecule has 0 fully saturated rings. The van der Waals surface area contributed by atoms with Crippen molar-refractivity contribution in [2.24, 2.45) is 0 Å². The SMILES string of the molecule is CCC(CNC(=O)c1cccnc1)c1ccccc1. The predicted octanol–water partition coefficient (Wildman–Crippen LogP) is 3.01. The molecule has 2 rings (SSSR count). The average molecular weight is 254 g/mol. The first-order valence-corrected chi connectivity index (χ1v) is 6.54. The molecule has 0 saturated carbocycles. The minimum Gasteiger partial charge on any atom is -0.351 e. The highest BCUT2D eigenvalue weighted by molar-refractivity contribution is 5.93. The fourth-order valence-electron chi connectivity index (χ4n) is 2.04. The van der Waals surface area contributed by atoms with E-state index in [2.05, 4.69) is 29.4 Å². The molecule has 0 aliphatic carbocycles. The van der Waals surface area contributed by atoms with Crippen molar-refractivity contribution in [1.82, 2.24) is 10.3 Å². The third-order valence-electron chi connectivity index (χ3n) is 3.20. The van der Waals surface area contributed by atoms with Gasteiger partial charge >= 0.3 is 0 Å². The summed E-state index contributed by atoms with van der Waals surface area (Å²) in [6.07, 6.45) is 4.24. The lowest BCUT2D eigenvalue weighted by molar-refractivity contribution is 0.0950. The third-order valence-corrected chi connectivity index (χ3v) is 3.20. The van der Waals surface area contributed by atoms with Crippen LogP contribution in [0.2, 0.25) is 0 Å². The van der Waals surface area contributed by atoms with E-state index in [1.807, 2.05) is 18.2 Å². The van der Waals surface area contributed by atoms with Crippen LogP contribution in [0.3, 0.4) is 0 Å². The highest BCUT2D eigenvalue weighted by atomic mass is 16.1. The molecule has 0 aliphatic heterocycles. The Labute approximate surface area is 113 Å². The van der Waals surface area contributed by atoms with Gasteiger partial charge in [-0.2, -0.15) is 0 Å². The Morgan fingerprint density at radius 1 is 1.21 bits per heavy atom. The Bertz CT molecular complexity index is 511. The standard InChI is InChI=1S/C16H18N2O/c1-2-13(14-7-4-3-5-8-14)12-18-16(19)15-9-6-10-17-11-15/h3-11,13H,2,12H2,1H3,(H,18,19). The smallest absolute Gasteiger partial charge is 0.252 e. The summed E-state index contributed by atoms with van der Waals surface area (Å²) in [6, 6.07) is 13.8. The quantitative estimate of drug-likeness (QED) is 0.891. The van der Waals surface area contributed by atoms with Crippen molar-refractivity contribution in [3.63, 3.8) is 0 Å². The van der Waals surface area contributed by atoms with Crippen LogP contribution in [-0.4, -0.2) is 17.4 Å². The van der Waals surface area contributed by atoms with Gasteiger partial charge in [0.1, 0.15) is 0 Å². The van der Waals surface area contributed by atoms with Crippen LogP contribution in [0.5, 0.6) is 0 Å². The van der Waals surface area contributed by atoms with Crippen molar-refractivity contribution < 1.29 is 4.79 Å². The molecular formula is C16H18N2O. The third kappa shape index (κ3) is 3.65. The van der Waals surface area contributed by atoms with E-state index in [4.69, 9.17) is 0 Å². The fraction of sp³-hybridized carbons (Fsp3) is 0.250. The number of rotatable bonds is 5. The van der Waals surface area contributed by atoms with Gasteiger partial charge in [-0.1, -0.05) is 37.3 Å². The zero-order chi connectivity index (χ0) is 13.5. The lowest BCUT2D eigenvalue weighted by Crippen LogP contribution is -2.28. The van der Waals surface area contributed by atoms with E-state index in [0.717, 1.165) is 6.42 Å². The van der Waals surface area contributed by atoms with Gasteiger partial charge in [0.2, 0.25) is 0 Å². The molecule has 3 nitrogen and oxygen atoms in total. The summed E-state index contributed by atoms with van der Waals surface area (Å²) in [5.41, 5.74) is 1.86. The molecule has 1 aromatic heterocycles. The number of amides is 1. The first-order valence-electron chi connectivity index (χ1n) is 6.54. The number of nitrogens with zero attached hydrogens (tertiary/aromatic N) is 1. The molecular weight excluding hydrogens is 236 g/mol.